The van der Waals surface area contributed by atoms with Crippen LogP contribution in [-0.2, 0) is 11.3 Å². The van der Waals surface area contributed by atoms with Gasteiger partial charge in [0.25, 0.3) is 11.5 Å². The fourth-order valence-corrected chi connectivity index (χ4v) is 5.58. The first-order valence-electron chi connectivity index (χ1n) is 12.6. The van der Waals surface area contributed by atoms with Crippen LogP contribution in [0.25, 0.3) is 16.7 Å². The number of aryl methyl sites for hydroxylation is 1. The molecule has 1 aromatic carbocycles. The van der Waals surface area contributed by atoms with Crippen LogP contribution in [0.3, 0.4) is 0 Å². The van der Waals surface area contributed by atoms with Gasteiger partial charge in [0, 0.05) is 24.7 Å². The highest BCUT2D eigenvalue weighted by atomic mass is 32.1. The largest absolute Gasteiger partial charge is 0.388 e. The van der Waals surface area contributed by atoms with Crippen LogP contribution in [0.5, 0.6) is 0 Å². The molecule has 2 fully saturated rings. The van der Waals surface area contributed by atoms with Crippen LogP contribution in [0.15, 0.2) is 47.1 Å². The molecular weight excluding hydrogens is 506 g/mol. The first-order valence-corrected chi connectivity index (χ1v) is 13.5. The number of thiazole rings is 1. The Morgan fingerprint density at radius 2 is 2.00 bits per heavy atom. The molecule has 2 N–H and O–H groups in total. The Labute approximate surface area is 221 Å². The van der Waals surface area contributed by atoms with Crippen molar-refractivity contribution in [1.82, 2.24) is 29.2 Å². The summed E-state index contributed by atoms with van der Waals surface area (Å²) in [5.41, 5.74) is 2.51. The van der Waals surface area contributed by atoms with E-state index in [1.807, 2.05) is 11.0 Å². The number of aliphatic hydroxyl groups is 1. The summed E-state index contributed by atoms with van der Waals surface area (Å²) in [6.45, 7) is 2.87. The van der Waals surface area contributed by atoms with E-state index in [1.54, 1.807) is 35.3 Å². The van der Waals surface area contributed by atoms with Gasteiger partial charge >= 0.3 is 0 Å². The molecule has 11 nitrogen and oxygen atoms in total. The van der Waals surface area contributed by atoms with E-state index in [4.69, 9.17) is 0 Å². The molecule has 0 atom stereocenters. The molecule has 0 radical (unpaired) electrons. The highest BCUT2D eigenvalue weighted by Crippen LogP contribution is 2.33. The second kappa shape index (κ2) is 9.44. The van der Waals surface area contributed by atoms with Gasteiger partial charge in [0.2, 0.25) is 5.91 Å². The number of hydrogen-bond acceptors (Lipinski definition) is 8. The molecule has 1 saturated carbocycles. The van der Waals surface area contributed by atoms with Crippen molar-refractivity contribution in [2.75, 3.05) is 18.4 Å². The number of fused-ring (bicyclic) bond motifs is 1. The van der Waals surface area contributed by atoms with E-state index >= 15 is 0 Å². The molecule has 1 aliphatic heterocycles. The highest BCUT2D eigenvalue weighted by molar-refractivity contribution is 7.12. The summed E-state index contributed by atoms with van der Waals surface area (Å²) in [6.07, 6.45) is 5.64. The highest BCUT2D eigenvalue weighted by Gasteiger charge is 2.39. The number of likely N-dealkylation sites (tertiary alicyclic amines) is 1. The third-order valence-electron chi connectivity index (χ3n) is 7.25. The van der Waals surface area contributed by atoms with Gasteiger partial charge in [-0.1, -0.05) is 6.07 Å². The Morgan fingerprint density at radius 3 is 2.71 bits per heavy atom. The lowest BCUT2D eigenvalue weighted by Crippen LogP contribution is -2.50. The van der Waals surface area contributed by atoms with Crippen LogP contribution >= 0.6 is 11.3 Å². The Balaban J connectivity index is 1.20. The van der Waals surface area contributed by atoms with Gasteiger partial charge in [0.05, 0.1) is 35.2 Å². The number of anilines is 1. The van der Waals surface area contributed by atoms with Crippen molar-refractivity contribution >= 4 is 39.9 Å². The minimum absolute atomic E-state index is 0.101. The van der Waals surface area contributed by atoms with E-state index in [9.17, 15) is 19.5 Å². The number of benzene rings is 1. The number of piperidine rings is 1. The molecule has 4 aromatic rings. The number of carbonyl (C=O) groups excluding carboxylic acids is 2. The second-order valence-electron chi connectivity index (χ2n) is 10.1. The van der Waals surface area contributed by atoms with E-state index in [0.717, 1.165) is 12.8 Å². The van der Waals surface area contributed by atoms with Gasteiger partial charge in [-0.2, -0.15) is 5.10 Å². The fourth-order valence-electron chi connectivity index (χ4n) is 4.88. The number of rotatable bonds is 6. The van der Waals surface area contributed by atoms with Gasteiger partial charge in [-0.05, 0) is 50.8 Å². The van der Waals surface area contributed by atoms with Crippen LogP contribution < -0.4 is 10.9 Å². The number of amides is 2. The number of aromatic nitrogens is 5. The minimum atomic E-state index is -1.08. The maximum absolute atomic E-state index is 13.3. The molecule has 0 bridgehead atoms. The summed E-state index contributed by atoms with van der Waals surface area (Å²) in [5.74, 6) is 0.0996. The third kappa shape index (κ3) is 4.61. The van der Waals surface area contributed by atoms with E-state index in [-0.39, 0.29) is 29.8 Å². The summed E-state index contributed by atoms with van der Waals surface area (Å²) in [6, 6.07) is 7.13. The molecule has 6 rings (SSSR count). The first kappa shape index (κ1) is 24.4. The average molecular weight is 534 g/mol. The van der Waals surface area contributed by atoms with Gasteiger partial charge in [0.1, 0.15) is 16.6 Å². The summed E-state index contributed by atoms with van der Waals surface area (Å²) in [5, 5.41) is 18.7. The lowest BCUT2D eigenvalue weighted by molar-refractivity contribution is -0.137. The zero-order valence-corrected chi connectivity index (χ0v) is 21.6. The van der Waals surface area contributed by atoms with E-state index in [2.05, 4.69) is 20.4 Å². The van der Waals surface area contributed by atoms with E-state index in [0.29, 0.717) is 58.9 Å². The molecule has 0 spiro atoms. The van der Waals surface area contributed by atoms with Crippen molar-refractivity contribution in [1.29, 1.82) is 0 Å². The Bertz CT molecular complexity index is 1590. The molecule has 38 heavy (non-hydrogen) atoms. The van der Waals surface area contributed by atoms with Crippen LogP contribution in [-0.4, -0.2) is 64.8 Å². The summed E-state index contributed by atoms with van der Waals surface area (Å²) in [7, 11) is 0. The lowest BCUT2D eigenvalue weighted by Gasteiger charge is -2.38. The van der Waals surface area contributed by atoms with Gasteiger partial charge in [0.15, 0.2) is 5.65 Å². The third-order valence-corrected chi connectivity index (χ3v) is 8.18. The van der Waals surface area contributed by atoms with Crippen LogP contribution in [0.4, 0.5) is 5.69 Å². The Kier molecular flexibility index (Phi) is 6.07. The molecule has 4 heterocycles. The maximum atomic E-state index is 13.3. The quantitative estimate of drug-likeness (QED) is 0.388. The van der Waals surface area contributed by atoms with Crippen LogP contribution in [0.1, 0.15) is 41.0 Å². The predicted octanol–water partition coefficient (Wildman–Crippen LogP) is 2.36. The maximum Gasteiger partial charge on any atom is 0.267 e. The average Bonchev–Trinajstić information content (AvgIpc) is 3.52. The topological polar surface area (TPSA) is 135 Å². The number of hydrogen-bond donors (Lipinski definition) is 2. The van der Waals surface area contributed by atoms with Crippen molar-refractivity contribution in [2.45, 2.75) is 44.8 Å². The molecule has 12 heteroatoms. The lowest BCUT2D eigenvalue weighted by atomic mass is 9.91. The Morgan fingerprint density at radius 1 is 1.21 bits per heavy atom. The molecule has 3 aromatic heterocycles. The summed E-state index contributed by atoms with van der Waals surface area (Å²) < 4.78 is 2.96. The fraction of sp³-hybridized carbons (Fsp3) is 0.385. The smallest absolute Gasteiger partial charge is 0.267 e. The van der Waals surface area contributed by atoms with Crippen molar-refractivity contribution in [3.05, 3.63) is 63.2 Å². The number of carbonyl (C=O) groups is 2. The van der Waals surface area contributed by atoms with Gasteiger partial charge in [-0.15, -0.1) is 11.3 Å². The molecular formula is C26H27N7O4S. The SMILES string of the molecule is Cc1ncsc1C(=O)Nc1cccc(-n2ncc3c(=O)n(CC4(O)CCN(C(=O)C5CC5)CC4)cnc32)c1. The summed E-state index contributed by atoms with van der Waals surface area (Å²) in [4.78, 5) is 49.2. The number of nitrogens with one attached hydrogen (secondary N) is 1. The molecule has 196 valence electrons. The van der Waals surface area contributed by atoms with Crippen LogP contribution in [0.2, 0.25) is 0 Å². The monoisotopic (exact) mass is 533 g/mol. The van der Waals surface area contributed by atoms with Gasteiger partial charge in [-0.25, -0.2) is 14.6 Å². The minimum Gasteiger partial charge on any atom is -0.388 e. The van der Waals surface area contributed by atoms with E-state index < -0.39 is 5.60 Å². The molecule has 1 aliphatic carbocycles. The zero-order valence-electron chi connectivity index (χ0n) is 20.8. The standard InChI is InChI=1S/C26H27N7O4S/c1-16-21(38-15-28-16)23(34)30-18-3-2-4-19(11-18)33-22-20(12-29-33)25(36)32(14-27-22)13-26(37)7-9-31(10-8-26)24(35)17-5-6-17/h2-4,11-12,14-15,17,37H,5-10,13H2,1H3,(H,30,34). The summed E-state index contributed by atoms with van der Waals surface area (Å²) >= 11 is 1.28. The Hall–Kier alpha value is -3.90. The number of nitrogens with zero attached hydrogens (tertiary/aromatic N) is 6. The molecule has 0 unspecified atom stereocenters. The predicted molar refractivity (Wildman–Crippen MR) is 141 cm³/mol. The van der Waals surface area contributed by atoms with Crippen LogP contribution in [0, 0.1) is 12.8 Å². The van der Waals surface area contributed by atoms with E-state index in [1.165, 1.54) is 28.4 Å². The van der Waals surface area contributed by atoms with Crippen molar-refractivity contribution in [2.24, 2.45) is 5.92 Å². The van der Waals surface area contributed by atoms with Gasteiger partial charge in [-0.3, -0.25) is 19.0 Å². The first-order chi connectivity index (χ1) is 18.3. The molecule has 1 saturated heterocycles. The van der Waals surface area contributed by atoms with Crippen molar-refractivity contribution in [3.63, 3.8) is 0 Å². The van der Waals surface area contributed by atoms with Crippen molar-refractivity contribution < 1.29 is 14.7 Å². The molecule has 2 amide bonds. The zero-order chi connectivity index (χ0) is 26.4. The molecule has 2 aliphatic rings. The normalized spacial score (nSPS) is 17.1. The van der Waals surface area contributed by atoms with Gasteiger partial charge < -0.3 is 15.3 Å². The van der Waals surface area contributed by atoms with Crippen molar-refractivity contribution in [3.8, 4) is 5.69 Å². The second-order valence-corrected chi connectivity index (χ2v) is 10.9.